The number of nitrogens with zero attached hydrogens (tertiary/aromatic N) is 1. The molecule has 0 aromatic heterocycles. The number of hydrogen-bond acceptors (Lipinski definition) is 3. The molecule has 0 bridgehead atoms. The molecule has 2 fully saturated rings. The quantitative estimate of drug-likeness (QED) is 0.548. The number of β-lactam (4-membered cyclic amide) rings is 1. The first-order valence-electron chi connectivity index (χ1n) is 6.20. The Labute approximate surface area is 102 Å². The third kappa shape index (κ3) is 2.54. The van der Waals surface area contributed by atoms with Gasteiger partial charge in [-0.2, -0.15) is 0 Å². The second-order valence-corrected chi connectivity index (χ2v) is 6.16. The topological polar surface area (TPSA) is 29.5 Å². The van der Waals surface area contributed by atoms with Crippen LogP contribution in [0.15, 0.2) is 0 Å². The molecule has 2 atom stereocenters. The third-order valence-electron chi connectivity index (χ3n) is 3.30. The van der Waals surface area contributed by atoms with E-state index in [1.807, 2.05) is 16.7 Å². The highest BCUT2D eigenvalue weighted by molar-refractivity contribution is 8.00. The number of ether oxygens (including phenoxy) is 1. The van der Waals surface area contributed by atoms with Gasteiger partial charge >= 0.3 is 0 Å². The van der Waals surface area contributed by atoms with E-state index in [1.165, 1.54) is 12.8 Å². The Hall–Kier alpha value is -0.220. The van der Waals surface area contributed by atoms with Gasteiger partial charge in [0.15, 0.2) is 0 Å². The zero-order chi connectivity index (χ0) is 11.6. The first-order valence-corrected chi connectivity index (χ1v) is 7.24. The molecule has 92 valence electrons. The number of amides is 1. The summed E-state index contributed by atoms with van der Waals surface area (Å²) in [5, 5.41) is 0.444. The SMILES string of the molecule is CCCCCOC1(C)CS[C@@H]2CC(=O)N2C1. The molecule has 1 unspecified atom stereocenters. The lowest BCUT2D eigenvalue weighted by atomic mass is 10.0. The Morgan fingerprint density at radius 3 is 3.06 bits per heavy atom. The largest absolute Gasteiger partial charge is 0.373 e. The Bertz CT molecular complexity index is 272. The summed E-state index contributed by atoms with van der Waals surface area (Å²) in [5.41, 5.74) is -0.120. The van der Waals surface area contributed by atoms with E-state index < -0.39 is 0 Å². The number of rotatable bonds is 5. The lowest BCUT2D eigenvalue weighted by molar-refractivity contribution is -0.149. The van der Waals surface area contributed by atoms with Crippen molar-refractivity contribution < 1.29 is 9.53 Å². The molecule has 2 aliphatic rings. The molecule has 0 radical (unpaired) electrons. The van der Waals surface area contributed by atoms with E-state index in [9.17, 15) is 4.79 Å². The van der Waals surface area contributed by atoms with Crippen molar-refractivity contribution >= 4 is 17.7 Å². The lowest BCUT2D eigenvalue weighted by Gasteiger charge is -2.50. The van der Waals surface area contributed by atoms with Gasteiger partial charge in [-0.3, -0.25) is 4.79 Å². The number of thioether (sulfide) groups is 1. The van der Waals surface area contributed by atoms with Crippen molar-refractivity contribution in [1.29, 1.82) is 0 Å². The molecule has 0 aliphatic carbocycles. The summed E-state index contributed by atoms with van der Waals surface area (Å²) in [6.45, 7) is 5.95. The van der Waals surface area contributed by atoms with E-state index in [4.69, 9.17) is 4.74 Å². The van der Waals surface area contributed by atoms with Crippen molar-refractivity contribution in [3.05, 3.63) is 0 Å². The van der Waals surface area contributed by atoms with Crippen molar-refractivity contribution in [2.24, 2.45) is 0 Å². The molecule has 0 saturated carbocycles. The van der Waals surface area contributed by atoms with Gasteiger partial charge in [0.05, 0.1) is 23.9 Å². The first kappa shape index (κ1) is 12.2. The van der Waals surface area contributed by atoms with Gasteiger partial charge in [-0.15, -0.1) is 11.8 Å². The minimum atomic E-state index is -0.120. The van der Waals surface area contributed by atoms with Crippen LogP contribution in [0.5, 0.6) is 0 Å². The average molecular weight is 243 g/mol. The molecule has 0 N–H and O–H groups in total. The average Bonchev–Trinajstić information content (AvgIpc) is 2.27. The van der Waals surface area contributed by atoms with Crippen LogP contribution in [-0.4, -0.2) is 40.7 Å². The fraction of sp³-hybridized carbons (Fsp3) is 0.917. The van der Waals surface area contributed by atoms with Crippen LogP contribution < -0.4 is 0 Å². The number of unbranched alkanes of at least 4 members (excludes halogenated alkanes) is 2. The van der Waals surface area contributed by atoms with Gasteiger partial charge in [0.1, 0.15) is 0 Å². The van der Waals surface area contributed by atoms with Crippen LogP contribution in [0.4, 0.5) is 0 Å². The molecule has 2 aliphatic heterocycles. The van der Waals surface area contributed by atoms with Crippen LogP contribution in [0.2, 0.25) is 0 Å². The van der Waals surface area contributed by atoms with Crippen LogP contribution >= 0.6 is 11.8 Å². The molecule has 2 rings (SSSR count). The van der Waals surface area contributed by atoms with E-state index in [1.54, 1.807) is 0 Å². The predicted octanol–water partition coefficient (Wildman–Crippen LogP) is 2.26. The van der Waals surface area contributed by atoms with Gasteiger partial charge in [-0.25, -0.2) is 0 Å². The predicted molar refractivity (Wildman–Crippen MR) is 66.5 cm³/mol. The minimum Gasteiger partial charge on any atom is -0.373 e. The maximum Gasteiger partial charge on any atom is 0.226 e. The summed E-state index contributed by atoms with van der Waals surface area (Å²) in [6, 6.07) is 0. The summed E-state index contributed by atoms with van der Waals surface area (Å²) in [4.78, 5) is 13.4. The van der Waals surface area contributed by atoms with Crippen LogP contribution in [0.1, 0.15) is 39.5 Å². The van der Waals surface area contributed by atoms with E-state index in [0.29, 0.717) is 11.3 Å². The van der Waals surface area contributed by atoms with Crippen LogP contribution in [0, 0.1) is 0 Å². The smallest absolute Gasteiger partial charge is 0.226 e. The first-order chi connectivity index (χ1) is 7.64. The van der Waals surface area contributed by atoms with E-state index in [0.717, 1.165) is 31.7 Å². The third-order valence-corrected chi connectivity index (χ3v) is 4.88. The molecular formula is C12H21NO2S. The molecular weight excluding hydrogens is 222 g/mol. The molecule has 0 aromatic rings. The van der Waals surface area contributed by atoms with Gasteiger partial charge in [0, 0.05) is 12.4 Å². The van der Waals surface area contributed by atoms with Crippen molar-refractivity contribution in [3.8, 4) is 0 Å². The number of carbonyl (C=O) groups excluding carboxylic acids is 1. The van der Waals surface area contributed by atoms with Gasteiger partial charge in [-0.05, 0) is 13.3 Å². The summed E-state index contributed by atoms with van der Waals surface area (Å²) < 4.78 is 5.96. The summed E-state index contributed by atoms with van der Waals surface area (Å²) in [7, 11) is 0. The van der Waals surface area contributed by atoms with Crippen molar-refractivity contribution in [2.45, 2.75) is 50.5 Å². The molecule has 0 aromatic carbocycles. The number of carbonyl (C=O) groups is 1. The normalized spacial score (nSPS) is 33.5. The van der Waals surface area contributed by atoms with E-state index in [2.05, 4.69) is 13.8 Å². The maximum atomic E-state index is 11.4. The van der Waals surface area contributed by atoms with E-state index >= 15 is 0 Å². The monoisotopic (exact) mass is 243 g/mol. The van der Waals surface area contributed by atoms with Gasteiger partial charge < -0.3 is 9.64 Å². The Morgan fingerprint density at radius 1 is 1.56 bits per heavy atom. The molecule has 0 spiro atoms. The number of hydrogen-bond donors (Lipinski definition) is 0. The maximum absolute atomic E-state index is 11.4. The van der Waals surface area contributed by atoms with Crippen molar-refractivity contribution in [1.82, 2.24) is 4.90 Å². The molecule has 4 heteroatoms. The molecule has 2 heterocycles. The molecule has 16 heavy (non-hydrogen) atoms. The Kier molecular flexibility index (Phi) is 3.80. The van der Waals surface area contributed by atoms with E-state index in [-0.39, 0.29) is 5.60 Å². The highest BCUT2D eigenvalue weighted by atomic mass is 32.2. The zero-order valence-corrected chi connectivity index (χ0v) is 11.0. The molecule has 3 nitrogen and oxygen atoms in total. The van der Waals surface area contributed by atoms with Crippen LogP contribution in [0.3, 0.4) is 0 Å². The second kappa shape index (κ2) is 4.96. The summed E-state index contributed by atoms with van der Waals surface area (Å²) in [5.74, 6) is 1.31. The molecule has 1 amide bonds. The van der Waals surface area contributed by atoms with Crippen molar-refractivity contribution in [3.63, 3.8) is 0 Å². The fourth-order valence-electron chi connectivity index (χ4n) is 2.20. The second-order valence-electron chi connectivity index (χ2n) is 5.00. The number of fused-ring (bicyclic) bond motifs is 1. The highest BCUT2D eigenvalue weighted by Gasteiger charge is 2.46. The Morgan fingerprint density at radius 2 is 2.38 bits per heavy atom. The zero-order valence-electron chi connectivity index (χ0n) is 10.2. The van der Waals surface area contributed by atoms with Gasteiger partial charge in [0.2, 0.25) is 5.91 Å². The van der Waals surface area contributed by atoms with Crippen LogP contribution in [0.25, 0.3) is 0 Å². The standard InChI is InChI=1S/C12H21NO2S/c1-3-4-5-6-15-12(2)8-13-10(14)7-11(13)16-9-12/h11H,3-9H2,1-2H3/t11-,12?/m1/s1. The van der Waals surface area contributed by atoms with Crippen LogP contribution in [-0.2, 0) is 9.53 Å². The minimum absolute atomic E-state index is 0.120. The van der Waals surface area contributed by atoms with Gasteiger partial charge in [-0.1, -0.05) is 19.8 Å². The molecule has 2 saturated heterocycles. The lowest BCUT2D eigenvalue weighted by Crippen LogP contribution is -2.61. The van der Waals surface area contributed by atoms with Gasteiger partial charge in [0.25, 0.3) is 0 Å². The summed E-state index contributed by atoms with van der Waals surface area (Å²) >= 11 is 1.87. The van der Waals surface area contributed by atoms with Crippen molar-refractivity contribution in [2.75, 3.05) is 18.9 Å². The Balaban J connectivity index is 1.76. The highest BCUT2D eigenvalue weighted by Crippen LogP contribution is 2.39. The fourth-order valence-corrected chi connectivity index (χ4v) is 3.55. The summed E-state index contributed by atoms with van der Waals surface area (Å²) in [6.07, 6.45) is 4.32.